The maximum Gasteiger partial charge on any atom is 0.413 e. The van der Waals surface area contributed by atoms with Gasteiger partial charge < -0.3 is 19.8 Å². The highest BCUT2D eigenvalue weighted by Crippen LogP contribution is 2.34. The van der Waals surface area contributed by atoms with Crippen molar-refractivity contribution in [1.82, 2.24) is 14.1 Å². The largest absolute Gasteiger partial charge is 0.413 e. The molecule has 178 valence electrons. The van der Waals surface area contributed by atoms with Gasteiger partial charge in [0.25, 0.3) is 0 Å². The van der Waals surface area contributed by atoms with Crippen molar-refractivity contribution in [1.29, 1.82) is 0 Å². The summed E-state index contributed by atoms with van der Waals surface area (Å²) in [6.45, 7) is 0.930. The molecule has 2 fully saturated rings. The fourth-order valence-corrected chi connectivity index (χ4v) is 5.88. The van der Waals surface area contributed by atoms with Crippen molar-refractivity contribution in [3.8, 4) is 0 Å². The Bertz CT molecular complexity index is 1180. The zero-order valence-corrected chi connectivity index (χ0v) is 19.4. The molecule has 0 N–H and O–H groups in total. The van der Waals surface area contributed by atoms with Gasteiger partial charge in [-0.1, -0.05) is 41.9 Å². The minimum Gasteiger partial charge on any atom is -0.361 e. The van der Waals surface area contributed by atoms with E-state index in [1.54, 1.807) is 29.2 Å². The fraction of sp³-hybridized carbons (Fsp3) is 0.500. The molecule has 1 aromatic carbocycles. The van der Waals surface area contributed by atoms with E-state index in [1.165, 1.54) is 4.31 Å². The Hall–Kier alpha value is -2.54. The lowest BCUT2D eigenvalue weighted by atomic mass is 10.2. The lowest BCUT2D eigenvalue weighted by Crippen LogP contribution is -2.49. The summed E-state index contributed by atoms with van der Waals surface area (Å²) in [7, 11) is -3.57. The van der Waals surface area contributed by atoms with Crippen LogP contribution in [0.25, 0.3) is 0 Å². The van der Waals surface area contributed by atoms with E-state index in [0.717, 1.165) is 17.5 Å². The van der Waals surface area contributed by atoms with E-state index in [2.05, 4.69) is 5.10 Å². The Morgan fingerprint density at radius 1 is 1.15 bits per heavy atom. The van der Waals surface area contributed by atoms with Crippen LogP contribution in [0.15, 0.2) is 35.1 Å². The Labute approximate surface area is 195 Å². The van der Waals surface area contributed by atoms with Gasteiger partial charge in [-0.25, -0.2) is 8.42 Å². The molecule has 0 aliphatic carbocycles. The molecule has 33 heavy (non-hydrogen) atoms. The Morgan fingerprint density at radius 2 is 1.85 bits per heavy atom. The topological polar surface area (TPSA) is 128 Å². The summed E-state index contributed by atoms with van der Waals surface area (Å²) in [5.41, 5.74) is -0.0708. The minimum absolute atomic E-state index is 0.0844. The average Bonchev–Trinajstić information content (AvgIpc) is 2.81. The molecule has 0 amide bonds. The van der Waals surface area contributed by atoms with Crippen LogP contribution in [0.5, 0.6) is 0 Å². The van der Waals surface area contributed by atoms with Gasteiger partial charge in [-0.05, 0) is 29.7 Å². The maximum atomic E-state index is 12.9. The van der Waals surface area contributed by atoms with E-state index < -0.39 is 32.6 Å². The summed E-state index contributed by atoms with van der Waals surface area (Å²) in [5.74, 6) is -0.678. The molecule has 13 heteroatoms. The van der Waals surface area contributed by atoms with Gasteiger partial charge in [0.1, 0.15) is 5.02 Å². The third-order valence-electron chi connectivity index (χ3n) is 5.76. The van der Waals surface area contributed by atoms with Gasteiger partial charge in [-0.3, -0.25) is 4.79 Å². The lowest BCUT2D eigenvalue weighted by Gasteiger charge is -2.35. The molecule has 2 aliphatic heterocycles. The van der Waals surface area contributed by atoms with Gasteiger partial charge in [0.05, 0.1) is 10.9 Å². The van der Waals surface area contributed by atoms with Crippen LogP contribution in [-0.2, 0) is 20.5 Å². The van der Waals surface area contributed by atoms with Crippen LogP contribution in [-0.4, -0.2) is 60.2 Å². The number of hydrogen-bond donors (Lipinski definition) is 0. The molecule has 2 aromatic rings. The highest BCUT2D eigenvalue weighted by atomic mass is 35.5. The zero-order chi connectivity index (χ0) is 23.6. The number of anilines is 1. The molecule has 0 bridgehead atoms. The number of halogens is 1. The first-order valence-electron chi connectivity index (χ1n) is 10.6. The normalized spacial score (nSPS) is 20.0. The molecule has 2 aliphatic rings. The SMILES string of the molecule is O=c1c(Cl)c(N2CCN(S(=O)(=O)Cc3ccccc3)CC2)c([N+](=O)[O-])nn1C1CCCCO1. The molecule has 0 radical (unpaired) electrons. The Morgan fingerprint density at radius 3 is 2.45 bits per heavy atom. The first-order chi connectivity index (χ1) is 15.8. The number of nitro groups is 1. The van der Waals surface area contributed by atoms with E-state index in [-0.39, 0.29) is 42.6 Å². The second-order valence-electron chi connectivity index (χ2n) is 7.94. The number of rotatable bonds is 6. The molecular formula is C20H24ClN5O6S. The molecule has 3 heterocycles. The standard InChI is InChI=1S/C20H24ClN5O6S/c21-17-18(19(26(28)29)22-25(20(17)27)16-8-4-5-13-32-16)23-9-11-24(12-10-23)33(30,31)14-15-6-2-1-3-7-15/h1-3,6-7,16H,4-5,8-14H2. The molecule has 4 rings (SSSR count). The number of sulfonamides is 1. The third kappa shape index (κ3) is 5.03. The summed E-state index contributed by atoms with van der Waals surface area (Å²) in [4.78, 5) is 25.5. The van der Waals surface area contributed by atoms with Crippen LogP contribution >= 0.6 is 11.6 Å². The van der Waals surface area contributed by atoms with Gasteiger partial charge in [0.2, 0.25) is 10.0 Å². The summed E-state index contributed by atoms with van der Waals surface area (Å²) >= 11 is 6.33. The zero-order valence-electron chi connectivity index (χ0n) is 17.8. The van der Waals surface area contributed by atoms with Crippen LogP contribution in [0.4, 0.5) is 11.5 Å². The van der Waals surface area contributed by atoms with Crippen molar-refractivity contribution in [3.63, 3.8) is 0 Å². The van der Waals surface area contributed by atoms with Crippen molar-refractivity contribution >= 4 is 33.1 Å². The quantitative estimate of drug-likeness (QED) is 0.438. The van der Waals surface area contributed by atoms with E-state index in [0.29, 0.717) is 18.6 Å². The third-order valence-corrected chi connectivity index (χ3v) is 7.95. The molecule has 1 aromatic heterocycles. The van der Waals surface area contributed by atoms with Gasteiger partial charge in [0, 0.05) is 32.8 Å². The van der Waals surface area contributed by atoms with Crippen molar-refractivity contribution in [3.05, 3.63) is 61.4 Å². The van der Waals surface area contributed by atoms with Crippen LogP contribution in [0.1, 0.15) is 31.1 Å². The van der Waals surface area contributed by atoms with Crippen molar-refractivity contribution < 1.29 is 18.1 Å². The van der Waals surface area contributed by atoms with Crippen LogP contribution in [0.3, 0.4) is 0 Å². The van der Waals surface area contributed by atoms with Crippen LogP contribution in [0, 0.1) is 10.1 Å². The highest BCUT2D eigenvalue weighted by Gasteiger charge is 2.36. The van der Waals surface area contributed by atoms with Crippen LogP contribution in [0.2, 0.25) is 5.02 Å². The van der Waals surface area contributed by atoms with Crippen LogP contribution < -0.4 is 10.5 Å². The molecule has 0 spiro atoms. The smallest absolute Gasteiger partial charge is 0.361 e. The monoisotopic (exact) mass is 497 g/mol. The lowest BCUT2D eigenvalue weighted by molar-refractivity contribution is -0.390. The number of hydrogen-bond acceptors (Lipinski definition) is 8. The summed E-state index contributed by atoms with van der Waals surface area (Å²) < 4.78 is 33.5. The van der Waals surface area contributed by atoms with Crippen molar-refractivity contribution in [2.24, 2.45) is 0 Å². The van der Waals surface area contributed by atoms with Crippen molar-refractivity contribution in [2.45, 2.75) is 31.2 Å². The Balaban J connectivity index is 1.56. The van der Waals surface area contributed by atoms with E-state index >= 15 is 0 Å². The predicted octanol–water partition coefficient (Wildman–Crippen LogP) is 2.16. The number of nitrogens with zero attached hydrogens (tertiary/aromatic N) is 5. The number of aromatic nitrogens is 2. The molecule has 1 unspecified atom stereocenters. The molecule has 1 atom stereocenters. The fourth-order valence-electron chi connectivity index (χ4n) is 4.08. The summed E-state index contributed by atoms with van der Waals surface area (Å²) in [6.07, 6.45) is 1.47. The predicted molar refractivity (Wildman–Crippen MR) is 122 cm³/mol. The van der Waals surface area contributed by atoms with Crippen molar-refractivity contribution in [2.75, 3.05) is 37.7 Å². The Kier molecular flexibility index (Phi) is 6.98. The van der Waals surface area contributed by atoms with Gasteiger partial charge in [0.15, 0.2) is 11.9 Å². The molecule has 0 saturated carbocycles. The first-order valence-corrected chi connectivity index (χ1v) is 12.6. The summed E-state index contributed by atoms with van der Waals surface area (Å²) in [5, 5.41) is 15.4. The van der Waals surface area contributed by atoms with E-state index in [1.807, 2.05) is 6.07 Å². The van der Waals surface area contributed by atoms with E-state index in [9.17, 15) is 23.3 Å². The first kappa shape index (κ1) is 23.6. The molecular weight excluding hydrogens is 474 g/mol. The molecule has 2 saturated heterocycles. The number of benzene rings is 1. The van der Waals surface area contributed by atoms with Gasteiger partial charge in [-0.2, -0.15) is 4.31 Å². The second-order valence-corrected chi connectivity index (χ2v) is 10.3. The average molecular weight is 498 g/mol. The van der Waals surface area contributed by atoms with E-state index in [4.69, 9.17) is 16.3 Å². The number of piperazine rings is 1. The highest BCUT2D eigenvalue weighted by molar-refractivity contribution is 7.88. The number of ether oxygens (including phenoxy) is 1. The second kappa shape index (κ2) is 9.75. The minimum atomic E-state index is -3.57. The molecule has 11 nitrogen and oxygen atoms in total. The van der Waals surface area contributed by atoms with Gasteiger partial charge in [-0.15, -0.1) is 4.68 Å². The summed E-state index contributed by atoms with van der Waals surface area (Å²) in [6, 6.07) is 8.85. The van der Waals surface area contributed by atoms with Gasteiger partial charge >= 0.3 is 11.4 Å². The maximum absolute atomic E-state index is 12.9.